The van der Waals surface area contributed by atoms with Crippen molar-refractivity contribution in [3.63, 3.8) is 0 Å². The van der Waals surface area contributed by atoms with Crippen LogP contribution in [0.4, 0.5) is 0 Å². The van der Waals surface area contributed by atoms with E-state index in [9.17, 15) is 10.1 Å². The second kappa shape index (κ2) is 2.78. The van der Waals surface area contributed by atoms with Gasteiger partial charge in [-0.25, -0.2) is 0 Å². The third kappa shape index (κ3) is 1.53. The molecule has 0 amide bonds. The van der Waals surface area contributed by atoms with E-state index >= 15 is 0 Å². The van der Waals surface area contributed by atoms with Gasteiger partial charge in [0, 0.05) is 6.08 Å². The average Bonchev–Trinajstić information content (AvgIpc) is 1.88. The molecule has 5 nitrogen and oxygen atoms in total. The number of hydrogen-bond acceptors (Lipinski definition) is 4. The summed E-state index contributed by atoms with van der Waals surface area (Å²) in [4.78, 5) is 13.1. The van der Waals surface area contributed by atoms with Crippen LogP contribution in [0.25, 0.3) is 0 Å². The van der Waals surface area contributed by atoms with Gasteiger partial charge in [0.1, 0.15) is 0 Å². The highest BCUT2D eigenvalue weighted by atomic mass is 79.9. The van der Waals surface area contributed by atoms with E-state index in [-0.39, 0.29) is 5.82 Å². The lowest BCUT2D eigenvalue weighted by atomic mass is 10.5. The first-order valence-electron chi connectivity index (χ1n) is 2.51. The van der Waals surface area contributed by atoms with Crippen molar-refractivity contribution in [1.82, 2.24) is 3.93 Å². The molecule has 0 saturated carbocycles. The van der Waals surface area contributed by atoms with E-state index < -0.39 is 4.92 Å². The molecule has 0 N–H and O–H groups in total. The summed E-state index contributed by atoms with van der Waals surface area (Å²) in [6.45, 7) is 0.472. The van der Waals surface area contributed by atoms with E-state index in [2.05, 4.69) is 21.1 Å². The molecule has 0 aromatic rings. The summed E-state index contributed by atoms with van der Waals surface area (Å²) in [5.74, 6) is -0.101. The largest absolute Gasteiger partial charge is 0.362 e. The number of halogens is 1. The van der Waals surface area contributed by atoms with Gasteiger partial charge in [0.2, 0.25) is 6.34 Å². The Bertz CT molecular complexity index is 213. The van der Waals surface area contributed by atoms with Crippen LogP contribution in [0.5, 0.6) is 0 Å². The molecule has 10 heavy (non-hydrogen) atoms. The molecule has 0 unspecified atom stereocenters. The molecule has 1 aliphatic rings. The maximum Gasteiger partial charge on any atom is 0.362 e. The van der Waals surface area contributed by atoms with Crippen molar-refractivity contribution in [2.45, 2.75) is 0 Å². The fourth-order valence-electron chi connectivity index (χ4n) is 0.512. The topological polar surface area (TPSA) is 58.7 Å². The Balaban J connectivity index is 2.67. The number of rotatable bonds is 1. The summed E-state index contributed by atoms with van der Waals surface area (Å²) in [6.07, 6.45) is 2.78. The highest BCUT2D eigenvalue weighted by molar-refractivity contribution is 9.07. The van der Waals surface area contributed by atoms with Crippen LogP contribution in [0.1, 0.15) is 0 Å². The fraction of sp³-hybridized carbons (Fsp3) is 0.250. The molecule has 0 bridgehead atoms. The van der Waals surface area contributed by atoms with Crippen molar-refractivity contribution in [1.29, 1.82) is 0 Å². The predicted molar refractivity (Wildman–Crippen MR) is 39.2 cm³/mol. The minimum absolute atomic E-state index is 0.101. The van der Waals surface area contributed by atoms with Crippen molar-refractivity contribution >= 4 is 22.5 Å². The lowest BCUT2D eigenvalue weighted by molar-refractivity contribution is -0.426. The lowest BCUT2D eigenvalue weighted by Gasteiger charge is -2.06. The molecule has 1 rings (SSSR count). The van der Waals surface area contributed by atoms with Gasteiger partial charge < -0.3 is 10.1 Å². The third-order valence-electron chi connectivity index (χ3n) is 0.951. The van der Waals surface area contributed by atoms with Gasteiger partial charge in [-0.2, -0.15) is 0 Å². The summed E-state index contributed by atoms with van der Waals surface area (Å²) in [6, 6.07) is 0. The number of nitrogens with zero attached hydrogens (tertiary/aromatic N) is 3. The van der Waals surface area contributed by atoms with Gasteiger partial charge in [0.15, 0.2) is 0 Å². The molecule has 0 radical (unpaired) electrons. The quantitative estimate of drug-likeness (QED) is 0.361. The van der Waals surface area contributed by atoms with Gasteiger partial charge in [0.25, 0.3) is 0 Å². The van der Waals surface area contributed by atoms with E-state index in [1.54, 1.807) is 3.93 Å². The third-order valence-corrected chi connectivity index (χ3v) is 1.42. The van der Waals surface area contributed by atoms with Crippen LogP contribution in [-0.4, -0.2) is 21.7 Å². The highest BCUT2D eigenvalue weighted by Crippen LogP contribution is 2.06. The molecule has 54 valence electrons. The van der Waals surface area contributed by atoms with Crippen LogP contribution >= 0.6 is 16.1 Å². The van der Waals surface area contributed by atoms with Crippen molar-refractivity contribution < 1.29 is 4.92 Å². The van der Waals surface area contributed by atoms with Gasteiger partial charge in [0.05, 0.1) is 22.7 Å². The van der Waals surface area contributed by atoms with Crippen molar-refractivity contribution in [3.8, 4) is 0 Å². The maximum atomic E-state index is 10.1. The van der Waals surface area contributed by atoms with Gasteiger partial charge in [-0.05, 0) is 9.92 Å². The van der Waals surface area contributed by atoms with Gasteiger partial charge in [-0.15, -0.1) is 0 Å². The fourth-order valence-corrected chi connectivity index (χ4v) is 0.749. The Kier molecular flexibility index (Phi) is 2.00. The predicted octanol–water partition coefficient (Wildman–Crippen LogP) is 0.758. The molecule has 1 heterocycles. The second-order valence-electron chi connectivity index (χ2n) is 1.65. The second-order valence-corrected chi connectivity index (χ2v) is 2.56. The maximum absolute atomic E-state index is 10.1. The smallest absolute Gasteiger partial charge is 0.358 e. The van der Waals surface area contributed by atoms with Crippen molar-refractivity contribution in [3.05, 3.63) is 22.0 Å². The van der Waals surface area contributed by atoms with E-state index in [1.807, 2.05) is 0 Å². The van der Waals surface area contributed by atoms with Crippen LogP contribution in [0.2, 0.25) is 0 Å². The molecule has 0 atom stereocenters. The Hall–Kier alpha value is -0.910. The zero-order valence-corrected chi connectivity index (χ0v) is 6.48. The molecular weight excluding hydrogens is 202 g/mol. The van der Waals surface area contributed by atoms with Crippen molar-refractivity contribution in [2.75, 3.05) is 6.54 Å². The minimum Gasteiger partial charge on any atom is -0.358 e. The monoisotopic (exact) mass is 205 g/mol. The van der Waals surface area contributed by atoms with Gasteiger partial charge >= 0.3 is 5.82 Å². The first-order valence-corrected chi connectivity index (χ1v) is 3.22. The van der Waals surface area contributed by atoms with E-state index in [0.717, 1.165) is 0 Å². The SMILES string of the molecule is O=[N+]([O-])C1=CCN(Br)C=N1. The first-order chi connectivity index (χ1) is 4.70. The summed E-state index contributed by atoms with van der Waals surface area (Å²) in [7, 11) is 0. The van der Waals surface area contributed by atoms with Gasteiger partial charge in [-0.1, -0.05) is 0 Å². The Morgan fingerprint density at radius 1 is 1.90 bits per heavy atom. The van der Waals surface area contributed by atoms with E-state index in [1.165, 1.54) is 12.4 Å². The molecule has 0 fully saturated rings. The molecule has 0 saturated heterocycles. The summed E-state index contributed by atoms with van der Waals surface area (Å²) in [5.41, 5.74) is 0. The Morgan fingerprint density at radius 3 is 3.00 bits per heavy atom. The zero-order chi connectivity index (χ0) is 7.56. The molecule has 0 spiro atoms. The first kappa shape index (κ1) is 7.20. The summed E-state index contributed by atoms with van der Waals surface area (Å²) in [5, 5.41) is 10.1. The standard InChI is InChI=1S/C4H4BrN3O2/c5-7-2-1-4(6-3-7)8(9)10/h1,3H,2H2. The van der Waals surface area contributed by atoms with Crippen LogP contribution in [0.3, 0.4) is 0 Å². The molecule has 1 aliphatic heterocycles. The Morgan fingerprint density at radius 2 is 2.60 bits per heavy atom. The molecule has 0 aromatic carbocycles. The van der Waals surface area contributed by atoms with Crippen LogP contribution in [0, 0.1) is 10.1 Å². The van der Waals surface area contributed by atoms with Crippen LogP contribution < -0.4 is 0 Å². The molecular formula is C4H4BrN3O2. The molecule has 6 heteroatoms. The zero-order valence-electron chi connectivity index (χ0n) is 4.90. The van der Waals surface area contributed by atoms with Crippen LogP contribution in [-0.2, 0) is 0 Å². The van der Waals surface area contributed by atoms with E-state index in [0.29, 0.717) is 6.54 Å². The van der Waals surface area contributed by atoms with E-state index in [4.69, 9.17) is 0 Å². The molecule has 0 aromatic heterocycles. The lowest BCUT2D eigenvalue weighted by Crippen LogP contribution is -2.15. The number of nitro groups is 1. The number of hydrogen-bond donors (Lipinski definition) is 0. The van der Waals surface area contributed by atoms with Crippen LogP contribution in [0.15, 0.2) is 16.9 Å². The average molecular weight is 206 g/mol. The Labute approximate surface area is 65.5 Å². The normalized spacial score (nSPS) is 16.9. The number of aliphatic imine (C=N–C) groups is 1. The minimum atomic E-state index is -0.517. The van der Waals surface area contributed by atoms with Crippen molar-refractivity contribution in [2.24, 2.45) is 4.99 Å². The molecule has 0 aliphatic carbocycles. The van der Waals surface area contributed by atoms with Gasteiger partial charge in [-0.3, -0.25) is 3.93 Å². The summed E-state index contributed by atoms with van der Waals surface area (Å²) >= 11 is 3.08. The summed E-state index contributed by atoms with van der Waals surface area (Å²) < 4.78 is 1.57. The highest BCUT2D eigenvalue weighted by Gasteiger charge is 2.12.